The number of ether oxygens (including phenoxy) is 2. The number of rotatable bonds is 4. The van der Waals surface area contributed by atoms with Crippen LogP contribution in [0, 0.1) is 6.92 Å². The summed E-state index contributed by atoms with van der Waals surface area (Å²) in [6.45, 7) is 2.50. The van der Waals surface area contributed by atoms with Crippen LogP contribution in [-0.2, 0) is 6.61 Å². The van der Waals surface area contributed by atoms with Gasteiger partial charge in [0.1, 0.15) is 18.1 Å². The fourth-order valence-electron chi connectivity index (χ4n) is 1.70. The van der Waals surface area contributed by atoms with Crippen LogP contribution in [0.5, 0.6) is 11.5 Å². The van der Waals surface area contributed by atoms with E-state index in [9.17, 15) is 0 Å². The number of aryl methyl sites for hydroxylation is 1. The third-order valence-corrected chi connectivity index (χ3v) is 2.74. The van der Waals surface area contributed by atoms with E-state index in [0.29, 0.717) is 12.3 Å². The molecule has 2 rings (SSSR count). The minimum absolute atomic E-state index is 0.501. The summed E-state index contributed by atoms with van der Waals surface area (Å²) in [5.41, 5.74) is 8.59. The maximum Gasteiger partial charge on any atom is 0.124 e. The summed E-state index contributed by atoms with van der Waals surface area (Å²) in [5, 5.41) is 0. The molecule has 2 N–H and O–H groups in total. The van der Waals surface area contributed by atoms with E-state index in [1.807, 2.05) is 49.4 Å². The van der Waals surface area contributed by atoms with Gasteiger partial charge in [-0.15, -0.1) is 0 Å². The number of benzene rings is 2. The summed E-state index contributed by atoms with van der Waals surface area (Å²) in [5.74, 6) is 1.65. The van der Waals surface area contributed by atoms with E-state index in [2.05, 4.69) is 0 Å². The molecule has 2 aromatic rings. The summed E-state index contributed by atoms with van der Waals surface area (Å²) in [4.78, 5) is 0. The van der Waals surface area contributed by atoms with Crippen molar-refractivity contribution in [3.63, 3.8) is 0 Å². The number of hydrogen-bond acceptors (Lipinski definition) is 3. The molecule has 0 radical (unpaired) electrons. The Morgan fingerprint density at radius 2 is 1.94 bits per heavy atom. The van der Waals surface area contributed by atoms with Crippen molar-refractivity contribution in [3.05, 3.63) is 53.6 Å². The molecule has 0 heterocycles. The van der Waals surface area contributed by atoms with Gasteiger partial charge in [0, 0.05) is 11.8 Å². The molecular formula is C15H17NO2. The third-order valence-electron chi connectivity index (χ3n) is 2.74. The number of hydrogen-bond donors (Lipinski definition) is 1. The molecule has 0 saturated heterocycles. The van der Waals surface area contributed by atoms with Crippen LogP contribution in [0.3, 0.4) is 0 Å². The summed E-state index contributed by atoms with van der Waals surface area (Å²) in [6.07, 6.45) is 0. The van der Waals surface area contributed by atoms with Crippen molar-refractivity contribution in [2.75, 3.05) is 12.8 Å². The fraction of sp³-hybridized carbons (Fsp3) is 0.200. The third kappa shape index (κ3) is 2.94. The van der Waals surface area contributed by atoms with Crippen molar-refractivity contribution in [2.45, 2.75) is 13.5 Å². The first-order valence-corrected chi connectivity index (χ1v) is 5.81. The largest absolute Gasteiger partial charge is 0.497 e. The quantitative estimate of drug-likeness (QED) is 0.839. The molecule has 3 heteroatoms. The van der Waals surface area contributed by atoms with Crippen LogP contribution in [-0.4, -0.2) is 7.11 Å². The van der Waals surface area contributed by atoms with E-state index in [0.717, 1.165) is 22.6 Å². The molecule has 0 aliphatic carbocycles. The molecule has 2 aromatic carbocycles. The van der Waals surface area contributed by atoms with Crippen molar-refractivity contribution >= 4 is 5.69 Å². The van der Waals surface area contributed by atoms with E-state index in [-0.39, 0.29) is 0 Å². The number of anilines is 1. The second-order valence-electron chi connectivity index (χ2n) is 4.17. The first-order chi connectivity index (χ1) is 8.69. The molecule has 0 fully saturated rings. The highest BCUT2D eigenvalue weighted by Crippen LogP contribution is 2.22. The summed E-state index contributed by atoms with van der Waals surface area (Å²) < 4.78 is 10.9. The molecule has 0 aliphatic heterocycles. The zero-order valence-corrected chi connectivity index (χ0v) is 10.6. The molecule has 18 heavy (non-hydrogen) atoms. The predicted molar refractivity (Wildman–Crippen MR) is 72.9 cm³/mol. The topological polar surface area (TPSA) is 44.5 Å². The molecule has 0 amide bonds. The van der Waals surface area contributed by atoms with Gasteiger partial charge in [-0.25, -0.2) is 0 Å². The average Bonchev–Trinajstić information content (AvgIpc) is 2.40. The van der Waals surface area contributed by atoms with Gasteiger partial charge in [-0.2, -0.15) is 0 Å². The molecule has 0 aromatic heterocycles. The highest BCUT2D eigenvalue weighted by molar-refractivity contribution is 5.48. The minimum atomic E-state index is 0.501. The van der Waals surface area contributed by atoms with Gasteiger partial charge in [0.05, 0.1) is 7.11 Å². The Hall–Kier alpha value is -2.16. The van der Waals surface area contributed by atoms with Gasteiger partial charge in [-0.1, -0.05) is 18.2 Å². The zero-order valence-electron chi connectivity index (χ0n) is 10.6. The highest BCUT2D eigenvalue weighted by Gasteiger charge is 2.02. The van der Waals surface area contributed by atoms with Crippen LogP contribution in [0.25, 0.3) is 0 Å². The van der Waals surface area contributed by atoms with E-state index >= 15 is 0 Å². The average molecular weight is 243 g/mol. The molecule has 0 aliphatic rings. The standard InChI is InChI=1S/C15H17NO2/c1-11-6-7-13(16)9-15(11)18-10-12-4-3-5-14(8-12)17-2/h3-9H,10,16H2,1-2H3. The second-order valence-corrected chi connectivity index (χ2v) is 4.17. The molecule has 3 nitrogen and oxygen atoms in total. The Labute approximate surface area is 107 Å². The second kappa shape index (κ2) is 5.45. The van der Waals surface area contributed by atoms with Crippen molar-refractivity contribution in [3.8, 4) is 11.5 Å². The molecule has 0 saturated carbocycles. The van der Waals surface area contributed by atoms with Crippen LogP contribution in [0.15, 0.2) is 42.5 Å². The first-order valence-electron chi connectivity index (χ1n) is 5.81. The van der Waals surface area contributed by atoms with Gasteiger partial charge in [-0.3, -0.25) is 0 Å². The van der Waals surface area contributed by atoms with Gasteiger partial charge in [-0.05, 0) is 36.2 Å². The van der Waals surface area contributed by atoms with Crippen molar-refractivity contribution in [2.24, 2.45) is 0 Å². The monoisotopic (exact) mass is 243 g/mol. The van der Waals surface area contributed by atoms with Crippen LogP contribution in [0.1, 0.15) is 11.1 Å². The van der Waals surface area contributed by atoms with Gasteiger partial charge < -0.3 is 15.2 Å². The van der Waals surface area contributed by atoms with E-state index < -0.39 is 0 Å². The van der Waals surface area contributed by atoms with Gasteiger partial charge in [0.15, 0.2) is 0 Å². The Bertz CT molecular complexity index is 538. The van der Waals surface area contributed by atoms with Crippen molar-refractivity contribution in [1.29, 1.82) is 0 Å². The lowest BCUT2D eigenvalue weighted by atomic mass is 10.2. The fourth-order valence-corrected chi connectivity index (χ4v) is 1.70. The molecule has 0 bridgehead atoms. The maximum absolute atomic E-state index is 5.77. The maximum atomic E-state index is 5.77. The number of methoxy groups -OCH3 is 1. The van der Waals surface area contributed by atoms with Crippen molar-refractivity contribution < 1.29 is 9.47 Å². The summed E-state index contributed by atoms with van der Waals surface area (Å²) in [7, 11) is 1.65. The molecule has 0 unspecified atom stereocenters. The number of nitrogens with two attached hydrogens (primary N) is 1. The zero-order chi connectivity index (χ0) is 13.0. The lowest BCUT2D eigenvalue weighted by Crippen LogP contribution is -1.98. The van der Waals surface area contributed by atoms with Crippen LogP contribution in [0.4, 0.5) is 5.69 Å². The Balaban J connectivity index is 2.08. The molecular weight excluding hydrogens is 226 g/mol. The smallest absolute Gasteiger partial charge is 0.124 e. The van der Waals surface area contributed by atoms with E-state index in [4.69, 9.17) is 15.2 Å². The summed E-state index contributed by atoms with van der Waals surface area (Å²) in [6, 6.07) is 13.5. The molecule has 94 valence electrons. The van der Waals surface area contributed by atoms with E-state index in [1.165, 1.54) is 0 Å². The normalized spacial score (nSPS) is 10.1. The van der Waals surface area contributed by atoms with E-state index in [1.54, 1.807) is 7.11 Å². The lowest BCUT2D eigenvalue weighted by molar-refractivity contribution is 0.303. The molecule has 0 atom stereocenters. The minimum Gasteiger partial charge on any atom is -0.497 e. The van der Waals surface area contributed by atoms with Crippen LogP contribution >= 0.6 is 0 Å². The Morgan fingerprint density at radius 1 is 1.11 bits per heavy atom. The first kappa shape index (κ1) is 12.3. The number of nitrogen functional groups attached to an aromatic ring is 1. The highest BCUT2D eigenvalue weighted by atomic mass is 16.5. The van der Waals surface area contributed by atoms with Gasteiger partial charge >= 0.3 is 0 Å². The van der Waals surface area contributed by atoms with Crippen LogP contribution < -0.4 is 15.2 Å². The Kier molecular flexibility index (Phi) is 3.72. The van der Waals surface area contributed by atoms with Gasteiger partial charge in [0.2, 0.25) is 0 Å². The summed E-state index contributed by atoms with van der Waals surface area (Å²) >= 11 is 0. The SMILES string of the molecule is COc1cccc(COc2cc(N)ccc2C)c1. The molecule has 0 spiro atoms. The van der Waals surface area contributed by atoms with Crippen LogP contribution in [0.2, 0.25) is 0 Å². The lowest BCUT2D eigenvalue weighted by Gasteiger charge is -2.10. The Morgan fingerprint density at radius 3 is 2.72 bits per heavy atom. The van der Waals surface area contributed by atoms with Crippen molar-refractivity contribution in [1.82, 2.24) is 0 Å². The van der Waals surface area contributed by atoms with Gasteiger partial charge in [0.25, 0.3) is 0 Å². The predicted octanol–water partition coefficient (Wildman–Crippen LogP) is 3.16.